The van der Waals surface area contributed by atoms with E-state index in [0.29, 0.717) is 0 Å². The van der Waals surface area contributed by atoms with Crippen LogP contribution in [0.25, 0.3) is 0 Å². The van der Waals surface area contributed by atoms with Crippen molar-refractivity contribution >= 4 is 0 Å². The SMILES string of the molecule is COc1ccc(CN2Cc3cc(OC)ccc3OC3(CCCN(C)CC3)C2)cc1. The second-order valence-electron chi connectivity index (χ2n) is 8.41. The van der Waals surface area contributed by atoms with E-state index in [2.05, 4.69) is 41.1 Å². The Bertz CT molecular complexity index is 823. The van der Waals surface area contributed by atoms with E-state index < -0.39 is 0 Å². The first kappa shape index (κ1) is 20.0. The topological polar surface area (TPSA) is 34.2 Å². The van der Waals surface area contributed by atoms with Crippen molar-refractivity contribution in [2.45, 2.75) is 38.0 Å². The zero-order valence-electron chi connectivity index (χ0n) is 17.8. The summed E-state index contributed by atoms with van der Waals surface area (Å²) in [5.41, 5.74) is 2.35. The van der Waals surface area contributed by atoms with Crippen LogP contribution in [-0.4, -0.2) is 56.3 Å². The van der Waals surface area contributed by atoms with Crippen LogP contribution in [0.5, 0.6) is 17.2 Å². The highest BCUT2D eigenvalue weighted by molar-refractivity contribution is 5.41. The minimum Gasteiger partial charge on any atom is -0.497 e. The normalized spacial score (nSPS) is 23.0. The van der Waals surface area contributed by atoms with Crippen molar-refractivity contribution in [1.82, 2.24) is 9.80 Å². The molecule has 1 fully saturated rings. The molecule has 2 aromatic rings. The van der Waals surface area contributed by atoms with Crippen LogP contribution in [-0.2, 0) is 13.1 Å². The molecule has 5 heteroatoms. The molecule has 156 valence electrons. The molecule has 0 aliphatic carbocycles. The van der Waals surface area contributed by atoms with Gasteiger partial charge in [-0.2, -0.15) is 0 Å². The fourth-order valence-electron chi connectivity index (χ4n) is 4.54. The van der Waals surface area contributed by atoms with Crippen molar-refractivity contribution in [3.63, 3.8) is 0 Å². The van der Waals surface area contributed by atoms with Crippen LogP contribution >= 0.6 is 0 Å². The van der Waals surface area contributed by atoms with E-state index in [4.69, 9.17) is 14.2 Å². The molecule has 0 saturated carbocycles. The van der Waals surface area contributed by atoms with Gasteiger partial charge in [0.25, 0.3) is 0 Å². The Hall–Kier alpha value is -2.24. The Labute approximate surface area is 174 Å². The number of hydrogen-bond acceptors (Lipinski definition) is 5. The molecule has 1 unspecified atom stereocenters. The molecule has 0 amide bonds. The van der Waals surface area contributed by atoms with Gasteiger partial charge in [-0.25, -0.2) is 0 Å². The summed E-state index contributed by atoms with van der Waals surface area (Å²) in [6, 6.07) is 14.6. The van der Waals surface area contributed by atoms with Crippen LogP contribution < -0.4 is 14.2 Å². The standard InChI is InChI=1S/C24H32N2O3/c1-25-13-4-11-24(12-14-25)18-26(16-19-5-7-21(27-2)8-6-19)17-20-15-22(28-3)9-10-23(20)29-24/h5-10,15H,4,11-14,16-18H2,1-3H3. The molecule has 1 atom stereocenters. The van der Waals surface area contributed by atoms with Crippen molar-refractivity contribution in [3.8, 4) is 17.2 Å². The van der Waals surface area contributed by atoms with Crippen LogP contribution in [0.3, 0.4) is 0 Å². The number of benzene rings is 2. The Balaban J connectivity index is 1.63. The summed E-state index contributed by atoms with van der Waals surface area (Å²) in [4.78, 5) is 4.95. The average molecular weight is 397 g/mol. The average Bonchev–Trinajstić information content (AvgIpc) is 3.00. The molecule has 0 bridgehead atoms. The summed E-state index contributed by atoms with van der Waals surface area (Å²) >= 11 is 0. The molecular weight excluding hydrogens is 364 g/mol. The van der Waals surface area contributed by atoms with E-state index in [9.17, 15) is 0 Å². The van der Waals surface area contributed by atoms with E-state index >= 15 is 0 Å². The predicted octanol–water partition coefficient (Wildman–Crippen LogP) is 3.95. The maximum absolute atomic E-state index is 6.77. The van der Waals surface area contributed by atoms with Gasteiger partial charge >= 0.3 is 0 Å². The van der Waals surface area contributed by atoms with Crippen molar-refractivity contribution in [2.24, 2.45) is 0 Å². The Kier molecular flexibility index (Phi) is 5.97. The van der Waals surface area contributed by atoms with Gasteiger partial charge < -0.3 is 19.1 Å². The second-order valence-corrected chi connectivity index (χ2v) is 8.41. The van der Waals surface area contributed by atoms with E-state index in [1.165, 1.54) is 17.5 Å². The third kappa shape index (κ3) is 4.68. The van der Waals surface area contributed by atoms with E-state index in [1.54, 1.807) is 14.2 Å². The molecule has 2 heterocycles. The maximum atomic E-state index is 6.77. The highest BCUT2D eigenvalue weighted by Crippen LogP contribution is 2.37. The van der Waals surface area contributed by atoms with Gasteiger partial charge in [-0.15, -0.1) is 0 Å². The summed E-state index contributed by atoms with van der Waals surface area (Å²) in [5.74, 6) is 2.78. The van der Waals surface area contributed by atoms with Gasteiger partial charge in [-0.1, -0.05) is 12.1 Å². The molecule has 0 N–H and O–H groups in total. The molecule has 1 saturated heterocycles. The number of methoxy groups -OCH3 is 2. The summed E-state index contributed by atoms with van der Waals surface area (Å²) in [6.45, 7) is 4.89. The zero-order valence-corrected chi connectivity index (χ0v) is 17.8. The molecule has 2 aliphatic heterocycles. The smallest absolute Gasteiger partial charge is 0.124 e. The second kappa shape index (κ2) is 8.64. The fourth-order valence-corrected chi connectivity index (χ4v) is 4.54. The Morgan fingerprint density at radius 2 is 1.72 bits per heavy atom. The van der Waals surface area contributed by atoms with Crippen LogP contribution in [0.2, 0.25) is 0 Å². The van der Waals surface area contributed by atoms with Gasteiger partial charge in [-0.3, -0.25) is 4.90 Å². The van der Waals surface area contributed by atoms with Gasteiger partial charge in [0.05, 0.1) is 14.2 Å². The largest absolute Gasteiger partial charge is 0.497 e. The Morgan fingerprint density at radius 1 is 0.966 bits per heavy atom. The van der Waals surface area contributed by atoms with Crippen molar-refractivity contribution in [3.05, 3.63) is 53.6 Å². The molecule has 0 aromatic heterocycles. The number of rotatable bonds is 4. The predicted molar refractivity (Wildman–Crippen MR) is 115 cm³/mol. The summed E-state index contributed by atoms with van der Waals surface area (Å²) in [6.07, 6.45) is 3.30. The number of fused-ring (bicyclic) bond motifs is 1. The number of nitrogens with zero attached hydrogens (tertiary/aromatic N) is 2. The lowest BCUT2D eigenvalue weighted by Gasteiger charge is -2.35. The van der Waals surface area contributed by atoms with Crippen molar-refractivity contribution in [2.75, 3.05) is 40.9 Å². The first-order chi connectivity index (χ1) is 14.1. The molecule has 5 nitrogen and oxygen atoms in total. The lowest BCUT2D eigenvalue weighted by molar-refractivity contribution is 0.0221. The fraction of sp³-hybridized carbons (Fsp3) is 0.500. The van der Waals surface area contributed by atoms with E-state index in [-0.39, 0.29) is 5.60 Å². The summed E-state index contributed by atoms with van der Waals surface area (Å²) in [5, 5.41) is 0. The van der Waals surface area contributed by atoms with Gasteiger partial charge in [0.1, 0.15) is 22.8 Å². The lowest BCUT2D eigenvalue weighted by Crippen LogP contribution is -2.46. The van der Waals surface area contributed by atoms with Crippen molar-refractivity contribution in [1.29, 1.82) is 0 Å². The van der Waals surface area contributed by atoms with E-state index in [1.807, 2.05) is 18.2 Å². The molecule has 4 rings (SSSR count). The summed E-state index contributed by atoms with van der Waals surface area (Å²) in [7, 11) is 5.64. The van der Waals surface area contributed by atoms with Gasteiger partial charge in [-0.05, 0) is 62.3 Å². The first-order valence-corrected chi connectivity index (χ1v) is 10.5. The third-order valence-corrected chi connectivity index (χ3v) is 6.19. The number of ether oxygens (including phenoxy) is 3. The molecular formula is C24H32N2O3. The Morgan fingerprint density at radius 3 is 2.48 bits per heavy atom. The van der Waals surface area contributed by atoms with Gasteiger partial charge in [0.2, 0.25) is 0 Å². The number of hydrogen-bond donors (Lipinski definition) is 0. The van der Waals surface area contributed by atoms with Crippen LogP contribution in [0.1, 0.15) is 30.4 Å². The monoisotopic (exact) mass is 396 g/mol. The van der Waals surface area contributed by atoms with Gasteiger partial charge in [0.15, 0.2) is 0 Å². The minimum absolute atomic E-state index is 0.142. The van der Waals surface area contributed by atoms with E-state index in [0.717, 1.165) is 62.8 Å². The molecule has 1 spiro atoms. The molecule has 2 aliphatic rings. The van der Waals surface area contributed by atoms with Crippen LogP contribution in [0, 0.1) is 0 Å². The van der Waals surface area contributed by atoms with Gasteiger partial charge in [0, 0.05) is 38.2 Å². The third-order valence-electron chi connectivity index (χ3n) is 6.19. The lowest BCUT2D eigenvalue weighted by atomic mass is 9.93. The summed E-state index contributed by atoms with van der Waals surface area (Å²) < 4.78 is 17.6. The maximum Gasteiger partial charge on any atom is 0.124 e. The molecule has 29 heavy (non-hydrogen) atoms. The highest BCUT2D eigenvalue weighted by Gasteiger charge is 2.39. The zero-order chi connectivity index (χ0) is 20.3. The molecule has 2 aromatic carbocycles. The number of likely N-dealkylation sites (tertiary alicyclic amines) is 1. The molecule has 0 radical (unpaired) electrons. The minimum atomic E-state index is -0.142. The van der Waals surface area contributed by atoms with Crippen LogP contribution in [0.4, 0.5) is 0 Å². The quantitative estimate of drug-likeness (QED) is 0.782. The first-order valence-electron chi connectivity index (χ1n) is 10.5. The van der Waals surface area contributed by atoms with Crippen LogP contribution in [0.15, 0.2) is 42.5 Å². The highest BCUT2D eigenvalue weighted by atomic mass is 16.5. The van der Waals surface area contributed by atoms with Crippen molar-refractivity contribution < 1.29 is 14.2 Å².